The van der Waals surface area contributed by atoms with Crippen LogP contribution < -0.4 is 16.5 Å². The molecule has 0 aliphatic carbocycles. The molecule has 0 saturated heterocycles. The van der Waals surface area contributed by atoms with E-state index in [0.29, 0.717) is 6.42 Å². The summed E-state index contributed by atoms with van der Waals surface area (Å²) in [6.07, 6.45) is -2.22. The summed E-state index contributed by atoms with van der Waals surface area (Å²) < 4.78 is 41.0. The molecule has 2 aromatic rings. The normalized spacial score (nSPS) is 12.6. The van der Waals surface area contributed by atoms with Crippen LogP contribution in [0.5, 0.6) is 0 Å². The van der Waals surface area contributed by atoms with Crippen LogP contribution in [0.1, 0.15) is 47.9 Å². The van der Waals surface area contributed by atoms with Crippen molar-refractivity contribution >= 4 is 5.91 Å². The van der Waals surface area contributed by atoms with Crippen molar-refractivity contribution in [2.75, 3.05) is 6.54 Å². The van der Waals surface area contributed by atoms with Gasteiger partial charge in [-0.2, -0.15) is 18.3 Å². The number of benzene rings is 1. The van der Waals surface area contributed by atoms with Crippen LogP contribution in [-0.2, 0) is 6.18 Å². The van der Waals surface area contributed by atoms with Gasteiger partial charge in [-0.1, -0.05) is 31.9 Å². The molecule has 0 bridgehead atoms. The van der Waals surface area contributed by atoms with E-state index in [1.807, 2.05) is 6.92 Å². The molecule has 1 atom stereocenters. The average molecular weight is 396 g/mol. The predicted molar refractivity (Wildman–Crippen MR) is 99.4 cm³/mol. The number of para-hydroxylation sites is 1. The molecule has 6 nitrogen and oxygen atoms in total. The first-order chi connectivity index (χ1) is 13.2. The summed E-state index contributed by atoms with van der Waals surface area (Å²) in [5.41, 5.74) is 3.51. The molecule has 0 aliphatic heterocycles. The Morgan fingerprint density at radius 3 is 2.61 bits per heavy atom. The van der Waals surface area contributed by atoms with E-state index in [-0.39, 0.29) is 24.0 Å². The number of aromatic nitrogens is 2. The van der Waals surface area contributed by atoms with Crippen LogP contribution in [0.3, 0.4) is 0 Å². The van der Waals surface area contributed by atoms with Crippen LogP contribution in [0.4, 0.5) is 13.2 Å². The third-order valence-corrected chi connectivity index (χ3v) is 4.29. The van der Waals surface area contributed by atoms with E-state index < -0.39 is 28.8 Å². The third-order valence-electron chi connectivity index (χ3n) is 4.29. The third kappa shape index (κ3) is 4.98. The molecule has 1 unspecified atom stereocenters. The number of hydrogen-bond acceptors (Lipinski definition) is 4. The highest BCUT2D eigenvalue weighted by Gasteiger charge is 2.34. The molecule has 0 spiro atoms. The number of halogens is 3. The van der Waals surface area contributed by atoms with Crippen LogP contribution in [0.25, 0.3) is 5.69 Å². The average Bonchev–Trinajstić information content (AvgIpc) is 2.64. The van der Waals surface area contributed by atoms with Crippen LogP contribution in [0, 0.1) is 6.92 Å². The Morgan fingerprint density at radius 2 is 2.00 bits per heavy atom. The van der Waals surface area contributed by atoms with E-state index in [2.05, 4.69) is 10.4 Å². The van der Waals surface area contributed by atoms with Gasteiger partial charge in [-0.15, -0.1) is 0 Å². The van der Waals surface area contributed by atoms with E-state index in [9.17, 15) is 22.8 Å². The Balaban J connectivity index is 2.46. The standard InChI is InChI=1S/C19H23F3N4O2/c1-3-4-7-13(11-23)24-18(28)17-16(27)10-12(2)26(25-17)15-9-6-5-8-14(15)19(20,21)22/h5-6,8-10,13H,3-4,7,11,23H2,1-2H3,(H,24,28). The number of hydrogen-bond donors (Lipinski definition) is 2. The van der Waals surface area contributed by atoms with Gasteiger partial charge in [-0.25, -0.2) is 4.68 Å². The number of unbranched alkanes of at least 4 members (excludes halogenated alkanes) is 1. The van der Waals surface area contributed by atoms with Crippen molar-refractivity contribution in [3.8, 4) is 5.69 Å². The van der Waals surface area contributed by atoms with Gasteiger partial charge in [0, 0.05) is 24.3 Å². The number of aryl methyl sites for hydroxylation is 1. The van der Waals surface area contributed by atoms with Crippen LogP contribution in [-0.4, -0.2) is 28.3 Å². The minimum Gasteiger partial charge on any atom is -0.347 e. The second kappa shape index (κ2) is 9.01. The summed E-state index contributed by atoms with van der Waals surface area (Å²) in [6.45, 7) is 3.63. The van der Waals surface area contributed by atoms with Crippen LogP contribution in [0.15, 0.2) is 35.1 Å². The topological polar surface area (TPSA) is 90.0 Å². The quantitative estimate of drug-likeness (QED) is 0.753. The molecule has 0 fully saturated rings. The fourth-order valence-corrected chi connectivity index (χ4v) is 2.80. The highest BCUT2D eigenvalue weighted by Crippen LogP contribution is 2.33. The van der Waals surface area contributed by atoms with E-state index in [1.54, 1.807) is 0 Å². The highest BCUT2D eigenvalue weighted by atomic mass is 19.4. The molecule has 0 aliphatic rings. The predicted octanol–water partition coefficient (Wildman–Crippen LogP) is 2.81. The number of nitrogens with one attached hydrogen (secondary N) is 1. The maximum absolute atomic E-state index is 13.3. The Bertz CT molecular complexity index is 893. The fourth-order valence-electron chi connectivity index (χ4n) is 2.80. The zero-order chi connectivity index (χ0) is 20.9. The van der Waals surface area contributed by atoms with E-state index in [4.69, 9.17) is 5.73 Å². The lowest BCUT2D eigenvalue weighted by molar-refractivity contribution is -0.137. The Hall–Kier alpha value is -2.68. The first-order valence-corrected chi connectivity index (χ1v) is 8.97. The largest absolute Gasteiger partial charge is 0.418 e. The van der Waals surface area contributed by atoms with E-state index in [1.165, 1.54) is 25.1 Å². The molecule has 1 heterocycles. The van der Waals surface area contributed by atoms with Gasteiger partial charge in [-0.3, -0.25) is 9.59 Å². The van der Waals surface area contributed by atoms with Crippen molar-refractivity contribution in [1.82, 2.24) is 15.1 Å². The van der Waals surface area contributed by atoms with E-state index in [0.717, 1.165) is 29.7 Å². The first kappa shape index (κ1) is 21.6. The Morgan fingerprint density at radius 1 is 1.32 bits per heavy atom. The fraction of sp³-hybridized carbons (Fsp3) is 0.421. The second-order valence-corrected chi connectivity index (χ2v) is 6.47. The summed E-state index contributed by atoms with van der Waals surface area (Å²) >= 11 is 0. The van der Waals surface area contributed by atoms with Crippen molar-refractivity contribution < 1.29 is 18.0 Å². The number of carbonyl (C=O) groups is 1. The lowest BCUT2D eigenvalue weighted by Gasteiger charge is -2.18. The lowest BCUT2D eigenvalue weighted by Crippen LogP contribution is -2.42. The Kier molecular flexibility index (Phi) is 6.95. The zero-order valence-electron chi connectivity index (χ0n) is 15.7. The summed E-state index contributed by atoms with van der Waals surface area (Å²) in [7, 11) is 0. The van der Waals surface area contributed by atoms with Crippen molar-refractivity contribution in [2.45, 2.75) is 45.3 Å². The van der Waals surface area contributed by atoms with Gasteiger partial charge in [0.25, 0.3) is 5.91 Å². The molecule has 0 saturated carbocycles. The summed E-state index contributed by atoms with van der Waals surface area (Å²) in [5, 5.41) is 6.57. The minimum atomic E-state index is -4.61. The minimum absolute atomic E-state index is 0.180. The first-order valence-electron chi connectivity index (χ1n) is 8.97. The van der Waals surface area contributed by atoms with Gasteiger partial charge < -0.3 is 11.1 Å². The van der Waals surface area contributed by atoms with Crippen molar-refractivity contribution in [3.63, 3.8) is 0 Å². The molecular formula is C19H23F3N4O2. The molecule has 152 valence electrons. The summed E-state index contributed by atoms with van der Waals surface area (Å²) in [6, 6.07) is 5.60. The molecule has 0 radical (unpaired) electrons. The maximum atomic E-state index is 13.3. The van der Waals surface area contributed by atoms with Crippen LogP contribution in [0.2, 0.25) is 0 Å². The van der Waals surface area contributed by atoms with Crippen molar-refractivity contribution in [1.29, 1.82) is 0 Å². The summed E-state index contributed by atoms with van der Waals surface area (Å²) in [5.74, 6) is -0.755. The van der Waals surface area contributed by atoms with E-state index >= 15 is 0 Å². The molecule has 9 heteroatoms. The molecule has 1 aromatic carbocycles. The van der Waals surface area contributed by atoms with Gasteiger partial charge >= 0.3 is 6.18 Å². The monoisotopic (exact) mass is 396 g/mol. The number of nitrogens with two attached hydrogens (primary N) is 1. The Labute approximate surface area is 160 Å². The summed E-state index contributed by atoms with van der Waals surface area (Å²) in [4.78, 5) is 24.8. The van der Waals surface area contributed by atoms with Gasteiger partial charge in [0.2, 0.25) is 5.43 Å². The van der Waals surface area contributed by atoms with Crippen molar-refractivity contribution in [2.24, 2.45) is 5.73 Å². The highest BCUT2D eigenvalue weighted by molar-refractivity contribution is 5.92. The number of nitrogens with zero attached hydrogens (tertiary/aromatic N) is 2. The number of alkyl halides is 3. The lowest BCUT2D eigenvalue weighted by atomic mass is 10.1. The SMILES string of the molecule is CCCCC(CN)NC(=O)c1nn(-c2ccccc2C(F)(F)F)c(C)cc1=O. The molecule has 1 aromatic heterocycles. The second-order valence-electron chi connectivity index (χ2n) is 6.47. The van der Waals surface area contributed by atoms with Crippen molar-refractivity contribution in [3.05, 3.63) is 57.5 Å². The molecule has 2 rings (SSSR count). The molecule has 28 heavy (non-hydrogen) atoms. The maximum Gasteiger partial charge on any atom is 0.418 e. The van der Waals surface area contributed by atoms with Crippen LogP contribution >= 0.6 is 0 Å². The molecule has 1 amide bonds. The number of rotatable bonds is 7. The van der Waals surface area contributed by atoms with Gasteiger partial charge in [0.05, 0.1) is 11.3 Å². The molecule has 3 N–H and O–H groups in total. The number of amides is 1. The number of carbonyl (C=O) groups excluding carboxylic acids is 1. The van der Waals surface area contributed by atoms with Gasteiger partial charge in [0.15, 0.2) is 5.69 Å². The van der Waals surface area contributed by atoms with Gasteiger partial charge in [0.1, 0.15) is 0 Å². The van der Waals surface area contributed by atoms with Gasteiger partial charge in [-0.05, 0) is 25.5 Å². The molecular weight excluding hydrogens is 373 g/mol. The smallest absolute Gasteiger partial charge is 0.347 e. The zero-order valence-corrected chi connectivity index (χ0v) is 15.7.